The smallest absolute Gasteiger partial charge is 0.124 e. The number of aliphatic hydroxyl groups excluding tert-OH is 1. The monoisotopic (exact) mass is 301 g/mol. The number of rotatable bonds is 9. The average molecular weight is 301 g/mol. The Morgan fingerprint density at radius 2 is 1.95 bits per heavy atom. The molecule has 0 bridgehead atoms. The highest BCUT2D eigenvalue weighted by molar-refractivity contribution is 5.36. The second-order valence-electron chi connectivity index (χ2n) is 5.03. The van der Waals surface area contributed by atoms with Gasteiger partial charge in [-0.15, -0.1) is 0 Å². The molecule has 2 unspecified atom stereocenters. The van der Waals surface area contributed by atoms with Crippen LogP contribution in [0.1, 0.15) is 25.5 Å². The van der Waals surface area contributed by atoms with Gasteiger partial charge in [0.1, 0.15) is 24.3 Å². The molecule has 5 nitrogen and oxygen atoms in total. The van der Waals surface area contributed by atoms with Crippen molar-refractivity contribution in [1.29, 1.82) is 0 Å². The van der Waals surface area contributed by atoms with Crippen LogP contribution in [0.4, 0.5) is 4.39 Å². The van der Waals surface area contributed by atoms with Crippen molar-refractivity contribution in [1.82, 2.24) is 0 Å². The van der Waals surface area contributed by atoms with Gasteiger partial charge >= 0.3 is 0 Å². The Balaban J connectivity index is 2.47. The molecule has 21 heavy (non-hydrogen) atoms. The molecule has 0 saturated carbocycles. The van der Waals surface area contributed by atoms with Crippen LogP contribution < -0.4 is 10.5 Å². The number of benzene rings is 1. The summed E-state index contributed by atoms with van der Waals surface area (Å²) in [5, 5.41) is 9.82. The second kappa shape index (κ2) is 8.94. The van der Waals surface area contributed by atoms with E-state index in [9.17, 15) is 9.50 Å². The minimum Gasteiger partial charge on any atom is -0.490 e. The van der Waals surface area contributed by atoms with Gasteiger partial charge in [-0.1, -0.05) is 0 Å². The summed E-state index contributed by atoms with van der Waals surface area (Å²) in [5.41, 5.74) is 6.34. The van der Waals surface area contributed by atoms with Crippen molar-refractivity contribution in [2.45, 2.75) is 32.1 Å². The van der Waals surface area contributed by atoms with Gasteiger partial charge in [-0.2, -0.15) is 0 Å². The van der Waals surface area contributed by atoms with E-state index in [0.717, 1.165) is 0 Å². The minimum absolute atomic E-state index is 0.0467. The molecule has 0 saturated heterocycles. The third-order valence-corrected chi connectivity index (χ3v) is 2.87. The number of nitrogens with two attached hydrogens (primary N) is 1. The molecule has 0 aliphatic heterocycles. The first kappa shape index (κ1) is 17.8. The van der Waals surface area contributed by atoms with E-state index in [4.69, 9.17) is 19.9 Å². The molecular formula is C15H24FNO4. The zero-order valence-electron chi connectivity index (χ0n) is 12.7. The lowest BCUT2D eigenvalue weighted by molar-refractivity contribution is -0.0423. The SMILES string of the molecule is COCC(C)OCC(O)COc1ccc(F)cc1[C@@H](C)N. The number of halogens is 1. The second-order valence-corrected chi connectivity index (χ2v) is 5.03. The van der Waals surface area contributed by atoms with E-state index in [1.165, 1.54) is 18.2 Å². The zero-order chi connectivity index (χ0) is 15.8. The molecule has 1 aromatic rings. The van der Waals surface area contributed by atoms with Gasteiger partial charge in [-0.3, -0.25) is 0 Å². The molecule has 1 rings (SSSR count). The zero-order valence-corrected chi connectivity index (χ0v) is 12.7. The van der Waals surface area contributed by atoms with Crippen molar-refractivity contribution in [3.63, 3.8) is 0 Å². The molecule has 0 heterocycles. The standard InChI is InChI=1S/C15H24FNO4/c1-10(7-19-3)20-8-13(18)9-21-15-5-4-12(16)6-14(15)11(2)17/h4-6,10-11,13,18H,7-9,17H2,1-3H3/t10?,11-,13?/m1/s1. The van der Waals surface area contributed by atoms with Crippen molar-refractivity contribution >= 4 is 0 Å². The summed E-state index contributed by atoms with van der Waals surface area (Å²) in [6.45, 7) is 4.24. The molecule has 0 fully saturated rings. The lowest BCUT2D eigenvalue weighted by atomic mass is 10.1. The Bertz CT molecular complexity index is 428. The normalized spacial score (nSPS) is 15.5. The molecule has 3 atom stereocenters. The Hall–Kier alpha value is -1.21. The average Bonchev–Trinajstić information content (AvgIpc) is 2.44. The van der Waals surface area contributed by atoms with E-state index < -0.39 is 6.10 Å². The Morgan fingerprint density at radius 3 is 2.57 bits per heavy atom. The summed E-state index contributed by atoms with van der Waals surface area (Å²) >= 11 is 0. The highest BCUT2D eigenvalue weighted by Crippen LogP contribution is 2.24. The van der Waals surface area contributed by atoms with E-state index in [2.05, 4.69) is 0 Å². The number of hydrogen-bond acceptors (Lipinski definition) is 5. The molecule has 6 heteroatoms. The van der Waals surface area contributed by atoms with Gasteiger partial charge in [0.25, 0.3) is 0 Å². The predicted octanol–water partition coefficient (Wildman–Crippen LogP) is 1.64. The first-order valence-corrected chi connectivity index (χ1v) is 6.90. The van der Waals surface area contributed by atoms with Crippen LogP contribution in [0.15, 0.2) is 18.2 Å². The van der Waals surface area contributed by atoms with Gasteiger partial charge in [-0.25, -0.2) is 4.39 Å². The summed E-state index contributed by atoms with van der Waals surface area (Å²) in [7, 11) is 1.59. The summed E-state index contributed by atoms with van der Waals surface area (Å²) in [4.78, 5) is 0. The predicted molar refractivity (Wildman–Crippen MR) is 77.8 cm³/mol. The summed E-state index contributed by atoms with van der Waals surface area (Å²) in [5.74, 6) is 0.0994. The number of ether oxygens (including phenoxy) is 3. The van der Waals surface area contributed by atoms with Gasteiger partial charge in [0.05, 0.1) is 19.3 Å². The van der Waals surface area contributed by atoms with Crippen LogP contribution >= 0.6 is 0 Å². The Kier molecular flexibility index (Phi) is 7.60. The molecule has 3 N–H and O–H groups in total. The van der Waals surface area contributed by atoms with Crippen molar-refractivity contribution in [3.05, 3.63) is 29.6 Å². The maximum absolute atomic E-state index is 13.2. The third-order valence-electron chi connectivity index (χ3n) is 2.87. The molecule has 120 valence electrons. The van der Waals surface area contributed by atoms with Crippen LogP contribution in [-0.4, -0.2) is 44.2 Å². The number of aliphatic hydroxyl groups is 1. The van der Waals surface area contributed by atoms with E-state index in [0.29, 0.717) is 17.9 Å². The van der Waals surface area contributed by atoms with Crippen LogP contribution in [0.25, 0.3) is 0 Å². The number of methoxy groups -OCH3 is 1. The van der Waals surface area contributed by atoms with Gasteiger partial charge in [0.15, 0.2) is 0 Å². The highest BCUT2D eigenvalue weighted by Gasteiger charge is 2.13. The summed E-state index contributed by atoms with van der Waals surface area (Å²) < 4.78 is 29.0. The molecule has 0 aliphatic carbocycles. The first-order chi connectivity index (χ1) is 9.93. The van der Waals surface area contributed by atoms with Gasteiger partial charge in [-0.05, 0) is 32.0 Å². The number of hydrogen-bond donors (Lipinski definition) is 2. The first-order valence-electron chi connectivity index (χ1n) is 6.90. The van der Waals surface area contributed by atoms with Crippen molar-refractivity contribution < 1.29 is 23.7 Å². The molecular weight excluding hydrogens is 277 g/mol. The topological polar surface area (TPSA) is 73.9 Å². The molecule has 0 aromatic heterocycles. The van der Waals surface area contributed by atoms with Crippen molar-refractivity contribution in [3.8, 4) is 5.75 Å². The summed E-state index contributed by atoms with van der Waals surface area (Å²) in [6.07, 6.45) is -0.884. The lowest BCUT2D eigenvalue weighted by Gasteiger charge is -2.18. The molecule has 0 radical (unpaired) electrons. The van der Waals surface area contributed by atoms with Crippen LogP contribution in [0.2, 0.25) is 0 Å². The minimum atomic E-state index is -0.782. The molecule has 1 aromatic carbocycles. The fourth-order valence-corrected chi connectivity index (χ4v) is 1.80. The largest absolute Gasteiger partial charge is 0.490 e. The maximum Gasteiger partial charge on any atom is 0.124 e. The van der Waals surface area contributed by atoms with Crippen molar-refractivity contribution in [2.24, 2.45) is 5.73 Å². The fraction of sp³-hybridized carbons (Fsp3) is 0.600. The summed E-state index contributed by atoms with van der Waals surface area (Å²) in [6, 6.07) is 3.79. The van der Waals surface area contributed by atoms with Gasteiger partial charge < -0.3 is 25.1 Å². The van der Waals surface area contributed by atoms with Gasteiger partial charge in [0.2, 0.25) is 0 Å². The van der Waals surface area contributed by atoms with Gasteiger partial charge in [0, 0.05) is 18.7 Å². The van der Waals surface area contributed by atoms with Crippen LogP contribution in [0.5, 0.6) is 5.75 Å². The maximum atomic E-state index is 13.2. The molecule has 0 spiro atoms. The quantitative estimate of drug-likeness (QED) is 0.725. The van der Waals surface area contributed by atoms with E-state index in [1.807, 2.05) is 6.92 Å². The fourth-order valence-electron chi connectivity index (χ4n) is 1.80. The van der Waals surface area contributed by atoms with Crippen LogP contribution in [0.3, 0.4) is 0 Å². The van der Waals surface area contributed by atoms with Crippen LogP contribution in [-0.2, 0) is 9.47 Å². The Morgan fingerprint density at radius 1 is 1.24 bits per heavy atom. The van der Waals surface area contributed by atoms with E-state index in [-0.39, 0.29) is 31.2 Å². The lowest BCUT2D eigenvalue weighted by Crippen LogP contribution is -2.27. The molecule has 0 aliphatic rings. The third kappa shape index (κ3) is 6.39. The molecule has 0 amide bonds. The van der Waals surface area contributed by atoms with Crippen molar-refractivity contribution in [2.75, 3.05) is 26.9 Å². The van der Waals surface area contributed by atoms with Crippen LogP contribution in [0, 0.1) is 5.82 Å². The highest BCUT2D eigenvalue weighted by atomic mass is 19.1. The van der Waals surface area contributed by atoms with E-state index >= 15 is 0 Å². The Labute approximate surface area is 124 Å². The van der Waals surface area contributed by atoms with E-state index in [1.54, 1.807) is 14.0 Å².